The summed E-state index contributed by atoms with van der Waals surface area (Å²) in [6.45, 7) is 1.96. The van der Waals surface area contributed by atoms with Gasteiger partial charge in [-0.3, -0.25) is 14.2 Å². The van der Waals surface area contributed by atoms with Gasteiger partial charge in [-0.15, -0.1) is 0 Å². The van der Waals surface area contributed by atoms with Crippen molar-refractivity contribution in [3.63, 3.8) is 0 Å². The number of nitrogens with zero attached hydrogens (tertiary/aromatic N) is 1. The first-order valence-electron chi connectivity index (χ1n) is 5.62. The highest BCUT2D eigenvalue weighted by Crippen LogP contribution is 2.02. The van der Waals surface area contributed by atoms with Gasteiger partial charge in [0.05, 0.1) is 10.9 Å². The molecule has 0 radical (unpaired) electrons. The molecule has 6 heteroatoms. The number of likely N-dealkylation sites (N-methyl/N-ethyl adjacent to an activating group) is 1. The van der Waals surface area contributed by atoms with E-state index in [4.69, 9.17) is 0 Å². The van der Waals surface area contributed by atoms with Gasteiger partial charge in [0.25, 0.3) is 5.56 Å². The van der Waals surface area contributed by atoms with Crippen molar-refractivity contribution in [2.75, 3.05) is 6.54 Å². The normalized spacial score (nSPS) is 10.5. The minimum Gasteiger partial charge on any atom is -0.355 e. The van der Waals surface area contributed by atoms with Gasteiger partial charge in [0.15, 0.2) is 0 Å². The number of rotatable bonds is 3. The van der Waals surface area contributed by atoms with Gasteiger partial charge in [-0.25, -0.2) is 4.79 Å². The van der Waals surface area contributed by atoms with Gasteiger partial charge < -0.3 is 10.3 Å². The molecule has 0 bridgehead atoms. The molecule has 2 rings (SSSR count). The summed E-state index contributed by atoms with van der Waals surface area (Å²) in [5, 5.41) is 2.94. The van der Waals surface area contributed by atoms with E-state index in [0.717, 1.165) is 4.57 Å². The zero-order valence-electron chi connectivity index (χ0n) is 9.90. The Hall–Kier alpha value is -2.37. The predicted octanol–water partition coefficient (Wildman–Crippen LogP) is -0.174. The second-order valence-corrected chi connectivity index (χ2v) is 3.82. The molecule has 0 aliphatic rings. The zero-order valence-corrected chi connectivity index (χ0v) is 9.90. The van der Waals surface area contributed by atoms with E-state index in [2.05, 4.69) is 10.3 Å². The molecule has 1 aromatic carbocycles. The van der Waals surface area contributed by atoms with Gasteiger partial charge in [-0.2, -0.15) is 0 Å². The number of fused-ring (bicyclic) bond motifs is 1. The molecule has 0 aliphatic heterocycles. The summed E-state index contributed by atoms with van der Waals surface area (Å²) >= 11 is 0. The first kappa shape index (κ1) is 12.1. The number of aromatic nitrogens is 2. The van der Waals surface area contributed by atoms with Gasteiger partial charge in [0.2, 0.25) is 5.91 Å². The van der Waals surface area contributed by atoms with Crippen molar-refractivity contribution in [1.82, 2.24) is 14.9 Å². The van der Waals surface area contributed by atoms with Crippen LogP contribution in [0.4, 0.5) is 0 Å². The number of nitrogens with one attached hydrogen (secondary N) is 2. The molecule has 0 saturated carbocycles. The van der Waals surface area contributed by atoms with Crippen LogP contribution in [0, 0.1) is 0 Å². The van der Waals surface area contributed by atoms with Gasteiger partial charge in [0.1, 0.15) is 6.54 Å². The standard InChI is InChI=1S/C12H13N3O3/c1-2-13-10(16)7-15-11(17)8-5-3-4-6-9(8)14-12(15)18/h3-6H,2,7H2,1H3,(H,13,16)(H,14,18). The third-order valence-electron chi connectivity index (χ3n) is 2.57. The lowest BCUT2D eigenvalue weighted by Crippen LogP contribution is -2.40. The second-order valence-electron chi connectivity index (χ2n) is 3.82. The molecule has 2 aromatic rings. The summed E-state index contributed by atoms with van der Waals surface area (Å²) in [4.78, 5) is 37.8. The lowest BCUT2D eigenvalue weighted by Gasteiger charge is -2.06. The van der Waals surface area contributed by atoms with Crippen LogP contribution in [-0.2, 0) is 11.3 Å². The van der Waals surface area contributed by atoms with Crippen LogP contribution in [0.2, 0.25) is 0 Å². The third-order valence-corrected chi connectivity index (χ3v) is 2.57. The van der Waals surface area contributed by atoms with Crippen molar-refractivity contribution < 1.29 is 4.79 Å². The molecule has 1 amide bonds. The van der Waals surface area contributed by atoms with Crippen LogP contribution in [0.1, 0.15) is 6.92 Å². The number of H-pyrrole nitrogens is 1. The number of aromatic amines is 1. The number of benzene rings is 1. The lowest BCUT2D eigenvalue weighted by atomic mass is 10.2. The molecular formula is C12H13N3O3. The molecule has 1 aromatic heterocycles. The molecule has 6 nitrogen and oxygen atoms in total. The Bertz CT molecular complexity index is 700. The Morgan fingerprint density at radius 1 is 1.33 bits per heavy atom. The smallest absolute Gasteiger partial charge is 0.329 e. The molecular weight excluding hydrogens is 234 g/mol. The zero-order chi connectivity index (χ0) is 13.1. The highest BCUT2D eigenvalue weighted by Gasteiger charge is 2.10. The summed E-state index contributed by atoms with van der Waals surface area (Å²) in [5.41, 5.74) is -0.565. The largest absolute Gasteiger partial charge is 0.355 e. The van der Waals surface area contributed by atoms with E-state index in [9.17, 15) is 14.4 Å². The number of hydrogen-bond donors (Lipinski definition) is 2. The predicted molar refractivity (Wildman–Crippen MR) is 67.5 cm³/mol. The van der Waals surface area contributed by atoms with E-state index < -0.39 is 11.2 Å². The highest BCUT2D eigenvalue weighted by atomic mass is 16.2. The average Bonchev–Trinajstić information content (AvgIpc) is 2.35. The van der Waals surface area contributed by atoms with Crippen LogP contribution in [0.25, 0.3) is 10.9 Å². The molecule has 0 spiro atoms. The molecule has 1 heterocycles. The molecule has 0 atom stereocenters. The first-order valence-corrected chi connectivity index (χ1v) is 5.62. The molecule has 0 aliphatic carbocycles. The maximum Gasteiger partial charge on any atom is 0.329 e. The van der Waals surface area contributed by atoms with Crippen molar-refractivity contribution in [2.24, 2.45) is 0 Å². The minimum absolute atomic E-state index is 0.271. The fourth-order valence-corrected chi connectivity index (χ4v) is 1.74. The number of carbonyl (C=O) groups excluding carboxylic acids is 1. The Morgan fingerprint density at radius 2 is 2.06 bits per heavy atom. The summed E-state index contributed by atoms with van der Waals surface area (Å²) in [5.74, 6) is -0.361. The van der Waals surface area contributed by atoms with Crippen molar-refractivity contribution >= 4 is 16.8 Å². The number of para-hydroxylation sites is 1. The first-order chi connectivity index (χ1) is 8.63. The highest BCUT2D eigenvalue weighted by molar-refractivity contribution is 5.78. The second kappa shape index (κ2) is 4.87. The van der Waals surface area contributed by atoms with E-state index in [1.165, 1.54) is 0 Å². The van der Waals surface area contributed by atoms with Gasteiger partial charge in [-0.05, 0) is 19.1 Å². The molecule has 94 valence electrons. The van der Waals surface area contributed by atoms with E-state index in [1.807, 2.05) is 0 Å². The van der Waals surface area contributed by atoms with Gasteiger partial charge >= 0.3 is 5.69 Å². The summed E-state index contributed by atoms with van der Waals surface area (Å²) in [6.07, 6.45) is 0. The summed E-state index contributed by atoms with van der Waals surface area (Å²) < 4.78 is 0.896. The van der Waals surface area contributed by atoms with Gasteiger partial charge in [-0.1, -0.05) is 12.1 Å². The molecule has 0 saturated heterocycles. The molecule has 2 N–H and O–H groups in total. The van der Waals surface area contributed by atoms with Crippen molar-refractivity contribution in [3.05, 3.63) is 45.1 Å². The average molecular weight is 247 g/mol. The van der Waals surface area contributed by atoms with Crippen LogP contribution >= 0.6 is 0 Å². The quantitative estimate of drug-likeness (QED) is 0.789. The van der Waals surface area contributed by atoms with Crippen molar-refractivity contribution in [2.45, 2.75) is 13.5 Å². The maximum atomic E-state index is 12.1. The Balaban J connectivity index is 2.55. The van der Waals surface area contributed by atoms with Crippen LogP contribution in [0.15, 0.2) is 33.9 Å². The maximum absolute atomic E-state index is 12.1. The molecule has 0 unspecified atom stereocenters. The van der Waals surface area contributed by atoms with E-state index >= 15 is 0 Å². The van der Waals surface area contributed by atoms with E-state index in [-0.39, 0.29) is 12.5 Å². The number of carbonyl (C=O) groups is 1. The molecule has 0 fully saturated rings. The fraction of sp³-hybridized carbons (Fsp3) is 0.250. The number of amides is 1. The van der Waals surface area contributed by atoms with Crippen molar-refractivity contribution in [1.29, 1.82) is 0 Å². The summed E-state index contributed by atoms with van der Waals surface area (Å²) in [7, 11) is 0. The number of hydrogen-bond acceptors (Lipinski definition) is 3. The Kier molecular flexibility index (Phi) is 3.27. The van der Waals surface area contributed by atoms with Crippen LogP contribution < -0.4 is 16.6 Å². The fourth-order valence-electron chi connectivity index (χ4n) is 1.74. The summed E-state index contributed by atoms with van der Waals surface area (Å²) in [6, 6.07) is 6.70. The lowest BCUT2D eigenvalue weighted by molar-refractivity contribution is -0.121. The van der Waals surface area contributed by atoms with E-state index in [1.54, 1.807) is 31.2 Å². The molecule has 18 heavy (non-hydrogen) atoms. The van der Waals surface area contributed by atoms with Crippen molar-refractivity contribution in [3.8, 4) is 0 Å². The monoisotopic (exact) mass is 247 g/mol. The third kappa shape index (κ3) is 2.17. The van der Waals surface area contributed by atoms with Crippen LogP contribution in [-0.4, -0.2) is 22.0 Å². The Labute approximate surface area is 102 Å². The van der Waals surface area contributed by atoms with Crippen LogP contribution in [0.5, 0.6) is 0 Å². The van der Waals surface area contributed by atoms with Crippen LogP contribution in [0.3, 0.4) is 0 Å². The SMILES string of the molecule is CCNC(=O)Cn1c(=O)[nH]c2ccccc2c1=O. The topological polar surface area (TPSA) is 84.0 Å². The minimum atomic E-state index is -0.579. The van der Waals surface area contributed by atoms with Gasteiger partial charge in [0, 0.05) is 6.54 Å². The van der Waals surface area contributed by atoms with E-state index in [0.29, 0.717) is 17.4 Å². The Morgan fingerprint density at radius 3 is 2.78 bits per heavy atom.